The van der Waals surface area contributed by atoms with Crippen LogP contribution in [0.25, 0.3) is 0 Å². The van der Waals surface area contributed by atoms with Gasteiger partial charge in [-0.1, -0.05) is 6.07 Å². The third kappa shape index (κ3) is 4.42. The van der Waals surface area contributed by atoms with Gasteiger partial charge in [-0.25, -0.2) is 14.4 Å². The third-order valence-electron chi connectivity index (χ3n) is 3.87. The highest BCUT2D eigenvalue weighted by molar-refractivity contribution is 5.77. The van der Waals surface area contributed by atoms with Gasteiger partial charge in [-0.05, 0) is 12.1 Å². The number of piperazine rings is 1. The molecule has 1 aromatic carbocycles. The van der Waals surface area contributed by atoms with Gasteiger partial charge in [0.1, 0.15) is 30.3 Å². The van der Waals surface area contributed by atoms with Gasteiger partial charge in [0.05, 0.1) is 0 Å². The van der Waals surface area contributed by atoms with E-state index in [-0.39, 0.29) is 18.3 Å². The Bertz CT molecular complexity index is 735. The number of amides is 1. The van der Waals surface area contributed by atoms with Crippen molar-refractivity contribution >= 4 is 11.7 Å². The molecule has 1 saturated heterocycles. The van der Waals surface area contributed by atoms with Crippen LogP contribution in [-0.2, 0) is 9.53 Å². The highest BCUT2D eigenvalue weighted by Crippen LogP contribution is 2.23. The summed E-state index contributed by atoms with van der Waals surface area (Å²) in [7, 11) is 1.51. The summed E-state index contributed by atoms with van der Waals surface area (Å²) in [4.78, 5) is 24.0. The molecule has 2 heterocycles. The van der Waals surface area contributed by atoms with Crippen molar-refractivity contribution in [3.8, 4) is 11.6 Å². The standard InChI is InChI=1S/C17H19FN4O3/c1-24-11-17(23)22-7-5-21(6-8-22)15-10-16(20-12-19-15)25-14-4-2-3-13(18)9-14/h2-4,9-10,12H,5-8,11H2,1H3. The number of nitrogens with zero attached hydrogens (tertiary/aromatic N) is 4. The number of hydrogen-bond acceptors (Lipinski definition) is 6. The molecule has 0 aliphatic carbocycles. The number of rotatable bonds is 5. The number of carbonyl (C=O) groups is 1. The van der Waals surface area contributed by atoms with E-state index in [1.807, 2.05) is 0 Å². The third-order valence-corrected chi connectivity index (χ3v) is 3.87. The lowest BCUT2D eigenvalue weighted by Gasteiger charge is -2.35. The largest absolute Gasteiger partial charge is 0.439 e. The Hall–Kier alpha value is -2.74. The lowest BCUT2D eigenvalue weighted by molar-refractivity contribution is -0.135. The van der Waals surface area contributed by atoms with E-state index in [1.165, 1.54) is 25.6 Å². The Balaban J connectivity index is 1.63. The van der Waals surface area contributed by atoms with Gasteiger partial charge in [0.15, 0.2) is 0 Å². The van der Waals surface area contributed by atoms with Crippen molar-refractivity contribution in [3.63, 3.8) is 0 Å². The maximum Gasteiger partial charge on any atom is 0.248 e. The van der Waals surface area contributed by atoms with Crippen LogP contribution < -0.4 is 9.64 Å². The molecule has 7 nitrogen and oxygen atoms in total. The molecule has 3 rings (SSSR count). The predicted octanol–water partition coefficient (Wildman–Crippen LogP) is 1.70. The number of aromatic nitrogens is 2. The van der Waals surface area contributed by atoms with E-state index < -0.39 is 0 Å². The zero-order valence-corrected chi connectivity index (χ0v) is 13.9. The monoisotopic (exact) mass is 346 g/mol. The fourth-order valence-electron chi connectivity index (χ4n) is 2.61. The summed E-state index contributed by atoms with van der Waals surface area (Å²) in [5, 5.41) is 0. The molecular formula is C17H19FN4O3. The Kier molecular flexibility index (Phi) is 5.39. The number of benzene rings is 1. The molecule has 8 heteroatoms. The number of methoxy groups -OCH3 is 1. The molecule has 0 atom stereocenters. The second-order valence-corrected chi connectivity index (χ2v) is 5.57. The van der Waals surface area contributed by atoms with Crippen LogP contribution in [-0.4, -0.2) is 60.7 Å². The van der Waals surface area contributed by atoms with Crippen LogP contribution in [0.3, 0.4) is 0 Å². The molecule has 0 spiro atoms. The molecule has 0 saturated carbocycles. The van der Waals surface area contributed by atoms with Gasteiger partial charge in [-0.3, -0.25) is 4.79 Å². The molecule has 0 bridgehead atoms. The first-order valence-electron chi connectivity index (χ1n) is 7.93. The highest BCUT2D eigenvalue weighted by Gasteiger charge is 2.22. The first kappa shape index (κ1) is 17.1. The minimum Gasteiger partial charge on any atom is -0.439 e. The van der Waals surface area contributed by atoms with E-state index in [0.29, 0.717) is 43.6 Å². The molecular weight excluding hydrogens is 327 g/mol. The van der Waals surface area contributed by atoms with Crippen LogP contribution >= 0.6 is 0 Å². The first-order valence-corrected chi connectivity index (χ1v) is 7.93. The second-order valence-electron chi connectivity index (χ2n) is 5.57. The number of halogens is 1. The summed E-state index contributed by atoms with van der Waals surface area (Å²) in [5.74, 6) is 1.04. The molecule has 1 amide bonds. The molecule has 1 aliphatic rings. The summed E-state index contributed by atoms with van der Waals surface area (Å²) in [6.07, 6.45) is 1.41. The van der Waals surface area contributed by atoms with E-state index in [1.54, 1.807) is 23.1 Å². The molecule has 132 valence electrons. The van der Waals surface area contributed by atoms with Gasteiger partial charge in [0, 0.05) is 45.4 Å². The molecule has 0 N–H and O–H groups in total. The molecule has 1 fully saturated rings. The molecule has 0 radical (unpaired) electrons. The Morgan fingerprint density at radius 1 is 1.20 bits per heavy atom. The minimum absolute atomic E-state index is 0.0139. The summed E-state index contributed by atoms with van der Waals surface area (Å²) in [6, 6.07) is 7.58. The van der Waals surface area contributed by atoms with Crippen molar-refractivity contribution in [2.75, 3.05) is 44.8 Å². The van der Waals surface area contributed by atoms with E-state index in [9.17, 15) is 9.18 Å². The number of hydrogen-bond donors (Lipinski definition) is 0. The van der Waals surface area contributed by atoms with E-state index >= 15 is 0 Å². The molecule has 25 heavy (non-hydrogen) atoms. The zero-order valence-electron chi connectivity index (χ0n) is 13.9. The van der Waals surface area contributed by atoms with Crippen molar-refractivity contribution in [3.05, 3.63) is 42.5 Å². The van der Waals surface area contributed by atoms with Crippen LogP contribution in [0, 0.1) is 5.82 Å². The Morgan fingerprint density at radius 2 is 2.00 bits per heavy atom. The van der Waals surface area contributed by atoms with Crippen molar-refractivity contribution in [2.24, 2.45) is 0 Å². The summed E-state index contributed by atoms with van der Waals surface area (Å²) in [6.45, 7) is 2.62. The summed E-state index contributed by atoms with van der Waals surface area (Å²) in [5.41, 5.74) is 0. The maximum absolute atomic E-state index is 13.2. The van der Waals surface area contributed by atoms with Crippen molar-refractivity contribution in [1.29, 1.82) is 0 Å². The highest BCUT2D eigenvalue weighted by atomic mass is 19.1. The van der Waals surface area contributed by atoms with Gasteiger partial charge in [-0.15, -0.1) is 0 Å². The van der Waals surface area contributed by atoms with Gasteiger partial charge in [-0.2, -0.15) is 0 Å². The van der Waals surface area contributed by atoms with Crippen molar-refractivity contribution < 1.29 is 18.7 Å². The average Bonchev–Trinajstić information content (AvgIpc) is 2.62. The fourth-order valence-corrected chi connectivity index (χ4v) is 2.61. The zero-order chi connectivity index (χ0) is 17.6. The molecule has 0 unspecified atom stereocenters. The summed E-state index contributed by atoms with van der Waals surface area (Å²) >= 11 is 0. The predicted molar refractivity (Wildman–Crippen MR) is 89.2 cm³/mol. The van der Waals surface area contributed by atoms with E-state index in [0.717, 1.165) is 0 Å². The van der Waals surface area contributed by atoms with Gasteiger partial charge >= 0.3 is 0 Å². The molecule has 2 aromatic rings. The number of anilines is 1. The second kappa shape index (κ2) is 7.89. The lowest BCUT2D eigenvalue weighted by atomic mass is 10.3. The minimum atomic E-state index is -0.372. The maximum atomic E-state index is 13.2. The smallest absolute Gasteiger partial charge is 0.248 e. The van der Waals surface area contributed by atoms with Crippen LogP contribution in [0.5, 0.6) is 11.6 Å². The Labute approximate surface area is 145 Å². The van der Waals surface area contributed by atoms with Crippen LogP contribution in [0.2, 0.25) is 0 Å². The number of carbonyl (C=O) groups excluding carboxylic acids is 1. The first-order chi connectivity index (χ1) is 12.2. The van der Waals surface area contributed by atoms with Crippen LogP contribution in [0.1, 0.15) is 0 Å². The van der Waals surface area contributed by atoms with E-state index in [4.69, 9.17) is 9.47 Å². The van der Waals surface area contributed by atoms with Gasteiger partial charge in [0.2, 0.25) is 11.8 Å². The van der Waals surface area contributed by atoms with E-state index in [2.05, 4.69) is 14.9 Å². The van der Waals surface area contributed by atoms with Crippen LogP contribution in [0.4, 0.5) is 10.2 Å². The SMILES string of the molecule is COCC(=O)N1CCN(c2cc(Oc3cccc(F)c3)ncn2)CC1. The van der Waals surface area contributed by atoms with Crippen molar-refractivity contribution in [1.82, 2.24) is 14.9 Å². The normalized spacial score (nSPS) is 14.5. The lowest BCUT2D eigenvalue weighted by Crippen LogP contribution is -2.50. The number of ether oxygens (including phenoxy) is 2. The summed E-state index contributed by atoms with van der Waals surface area (Å²) < 4.78 is 23.7. The molecule has 1 aliphatic heterocycles. The quantitative estimate of drug-likeness (QED) is 0.821. The Morgan fingerprint density at radius 3 is 2.72 bits per heavy atom. The van der Waals surface area contributed by atoms with Crippen LogP contribution in [0.15, 0.2) is 36.7 Å². The topological polar surface area (TPSA) is 67.8 Å². The van der Waals surface area contributed by atoms with Gasteiger partial charge < -0.3 is 19.3 Å². The van der Waals surface area contributed by atoms with Crippen molar-refractivity contribution in [2.45, 2.75) is 0 Å². The average molecular weight is 346 g/mol. The molecule has 1 aromatic heterocycles. The van der Waals surface area contributed by atoms with Gasteiger partial charge in [0.25, 0.3) is 0 Å². The fraction of sp³-hybridized carbons (Fsp3) is 0.353.